The van der Waals surface area contributed by atoms with Crippen molar-refractivity contribution < 1.29 is 25.7 Å². The molecule has 0 aliphatic carbocycles. The van der Waals surface area contributed by atoms with Crippen molar-refractivity contribution in [2.45, 2.75) is 20.8 Å². The quantitative estimate of drug-likeness (QED) is 0.472. The van der Waals surface area contributed by atoms with Crippen molar-refractivity contribution in [1.82, 2.24) is 0 Å². The summed E-state index contributed by atoms with van der Waals surface area (Å²) in [4.78, 5) is 0. The van der Waals surface area contributed by atoms with Crippen molar-refractivity contribution in [2.75, 3.05) is 0 Å². The summed E-state index contributed by atoms with van der Waals surface area (Å²) >= 11 is -2.00. The van der Waals surface area contributed by atoms with E-state index in [0.29, 0.717) is 0 Å². The maximum absolute atomic E-state index is 8.50. The Morgan fingerprint density at radius 1 is 1.14 bits per heavy atom. The van der Waals surface area contributed by atoms with Crippen LogP contribution in [0.5, 0.6) is 0 Å². The van der Waals surface area contributed by atoms with Crippen molar-refractivity contribution in [2.24, 2.45) is 0 Å². The molecule has 1 radical (unpaired) electrons. The second-order valence-electron chi connectivity index (χ2n) is 1.58. The van der Waals surface area contributed by atoms with Gasteiger partial charge >= 0.3 is 25.7 Å². The van der Waals surface area contributed by atoms with E-state index >= 15 is 0 Å². The van der Waals surface area contributed by atoms with E-state index in [1.807, 2.05) is 0 Å². The van der Waals surface area contributed by atoms with Gasteiger partial charge in [0.25, 0.3) is 0 Å². The molecule has 0 saturated heterocycles. The Morgan fingerprint density at radius 3 is 1.14 bits per heavy atom. The molecule has 0 aromatic heterocycles. The average molecular weight is 137 g/mol. The summed E-state index contributed by atoms with van der Waals surface area (Å²) in [5, 5.41) is 0. The molecular weight excluding hydrogens is 128 g/mol. The fraction of sp³-hybridized carbons (Fsp3) is 0.750. The van der Waals surface area contributed by atoms with Crippen LogP contribution >= 0.6 is 0 Å². The van der Waals surface area contributed by atoms with Gasteiger partial charge in [-0.1, -0.05) is 20.8 Å². The van der Waals surface area contributed by atoms with E-state index < -0.39 is 19.1 Å². The second-order valence-corrected chi connectivity index (χ2v) is 1.84. The van der Waals surface area contributed by atoms with Crippen LogP contribution in [0.1, 0.15) is 20.8 Å². The Labute approximate surface area is 52.9 Å². The van der Waals surface area contributed by atoms with Gasteiger partial charge in [-0.2, -0.15) is 0 Å². The molecule has 0 bridgehead atoms. The minimum atomic E-state index is -2.00. The molecule has 0 aromatic rings. The molecule has 0 rings (SSSR count). The van der Waals surface area contributed by atoms with E-state index in [2.05, 4.69) is 20.8 Å². The summed E-state index contributed by atoms with van der Waals surface area (Å²) in [6.07, 6.45) is 0. The van der Waals surface area contributed by atoms with Crippen LogP contribution in [0.3, 0.4) is 0 Å². The van der Waals surface area contributed by atoms with Crippen LogP contribution in [0.25, 0.3) is 0 Å². The second kappa shape index (κ2) is 9.58. The predicted molar refractivity (Wildman–Crippen MR) is 21.6 cm³/mol. The predicted octanol–water partition coefficient (Wildman–Crippen LogP) is 1.38. The van der Waals surface area contributed by atoms with Crippen molar-refractivity contribution in [3.8, 4) is 0 Å². The third kappa shape index (κ3) is 1190. The Hall–Kier alpha value is 0.314. The van der Waals surface area contributed by atoms with E-state index in [9.17, 15) is 0 Å². The van der Waals surface area contributed by atoms with E-state index in [-0.39, 0.29) is 0 Å². The van der Waals surface area contributed by atoms with E-state index in [0.717, 1.165) is 0 Å². The van der Waals surface area contributed by atoms with Crippen LogP contribution in [0.15, 0.2) is 0 Å². The van der Waals surface area contributed by atoms with E-state index in [1.54, 1.807) is 0 Å². The SMILES string of the molecule is C[C](C)C.[O]=[Ti]=[O]. The van der Waals surface area contributed by atoms with Gasteiger partial charge < -0.3 is 0 Å². The van der Waals surface area contributed by atoms with Gasteiger partial charge in [0.15, 0.2) is 0 Å². The molecule has 0 N–H and O–H groups in total. The molecule has 0 spiro atoms. The van der Waals surface area contributed by atoms with Gasteiger partial charge in [-0.05, 0) is 5.92 Å². The van der Waals surface area contributed by atoms with Gasteiger partial charge in [-0.25, -0.2) is 0 Å². The first-order chi connectivity index (χ1) is 3.15. The van der Waals surface area contributed by atoms with Gasteiger partial charge in [-0.15, -0.1) is 0 Å². The van der Waals surface area contributed by atoms with Crippen LogP contribution in [-0.4, -0.2) is 0 Å². The average Bonchev–Trinajstić information content (AvgIpc) is 1.33. The summed E-state index contributed by atoms with van der Waals surface area (Å²) in [6, 6.07) is 0. The molecule has 0 aliphatic heterocycles. The van der Waals surface area contributed by atoms with Crippen LogP contribution in [0.4, 0.5) is 0 Å². The topological polar surface area (TPSA) is 34.1 Å². The van der Waals surface area contributed by atoms with Crippen molar-refractivity contribution in [3.63, 3.8) is 0 Å². The molecule has 3 heteroatoms. The first-order valence-electron chi connectivity index (χ1n) is 1.91. The van der Waals surface area contributed by atoms with Gasteiger partial charge in [0.05, 0.1) is 0 Å². The molecule has 2 nitrogen and oxygen atoms in total. The molecule has 0 amide bonds. The van der Waals surface area contributed by atoms with Crippen LogP contribution in [0, 0.1) is 5.92 Å². The number of hydrogen-bond donors (Lipinski definition) is 0. The molecule has 0 atom stereocenters. The maximum atomic E-state index is 8.50. The molecule has 0 aromatic carbocycles. The third-order valence-corrected chi connectivity index (χ3v) is 0. The third-order valence-electron chi connectivity index (χ3n) is 0. The van der Waals surface area contributed by atoms with E-state index in [1.165, 1.54) is 5.92 Å². The summed E-state index contributed by atoms with van der Waals surface area (Å²) in [5.41, 5.74) is 0. The first kappa shape index (κ1) is 10.3. The zero-order chi connectivity index (χ0) is 6.28. The van der Waals surface area contributed by atoms with Crippen LogP contribution < -0.4 is 0 Å². The zero-order valence-corrected chi connectivity index (χ0v) is 6.38. The van der Waals surface area contributed by atoms with E-state index in [4.69, 9.17) is 6.65 Å². The standard InChI is InChI=1S/C4H9.2O.Ti/c1-4(2)3;;;/h1-3H3;;;. The van der Waals surface area contributed by atoms with Crippen LogP contribution in [0.2, 0.25) is 0 Å². The van der Waals surface area contributed by atoms with Crippen molar-refractivity contribution >= 4 is 0 Å². The molecule has 0 heterocycles. The molecule has 0 aliphatic rings. The first-order valence-corrected chi connectivity index (χ1v) is 3.18. The minimum absolute atomic E-state index is 1.42. The Kier molecular flexibility index (Phi) is 14.1. The van der Waals surface area contributed by atoms with Gasteiger partial charge in [0.1, 0.15) is 0 Å². The molecule has 0 saturated carbocycles. The van der Waals surface area contributed by atoms with Crippen molar-refractivity contribution in [3.05, 3.63) is 5.92 Å². The van der Waals surface area contributed by atoms with Gasteiger partial charge in [0.2, 0.25) is 0 Å². The molecule has 41 valence electrons. The van der Waals surface area contributed by atoms with Gasteiger partial charge in [-0.3, -0.25) is 0 Å². The Morgan fingerprint density at radius 2 is 1.14 bits per heavy atom. The fourth-order valence-corrected chi connectivity index (χ4v) is 0. The van der Waals surface area contributed by atoms with Gasteiger partial charge in [0, 0.05) is 0 Å². The zero-order valence-electron chi connectivity index (χ0n) is 4.82. The molecule has 7 heavy (non-hydrogen) atoms. The molecule has 0 fully saturated rings. The normalized spacial score (nSPS) is 6.29. The monoisotopic (exact) mass is 137 g/mol. The summed E-state index contributed by atoms with van der Waals surface area (Å²) in [5.74, 6) is 1.42. The number of hydrogen-bond acceptors (Lipinski definition) is 2. The van der Waals surface area contributed by atoms with Crippen molar-refractivity contribution in [1.29, 1.82) is 0 Å². The summed E-state index contributed by atoms with van der Waals surface area (Å²) in [6.45, 7) is 6.25. The van der Waals surface area contributed by atoms with Crippen LogP contribution in [-0.2, 0) is 25.7 Å². The summed E-state index contributed by atoms with van der Waals surface area (Å²) < 4.78 is 17.0. The number of rotatable bonds is 0. The Bertz CT molecular complexity index is 52.0. The Balaban J connectivity index is 0. The molecule has 0 unspecified atom stereocenters. The molecular formula is C4H9O2Ti. The fourth-order valence-electron chi connectivity index (χ4n) is 0. The summed E-state index contributed by atoms with van der Waals surface area (Å²) in [7, 11) is 0.